The number of aromatic nitrogens is 2. The van der Waals surface area contributed by atoms with Crippen LogP contribution < -0.4 is 10.6 Å². The molecule has 2 aromatic carbocycles. The number of benzene rings is 2. The van der Waals surface area contributed by atoms with E-state index >= 15 is 0 Å². The lowest BCUT2D eigenvalue weighted by atomic mass is 10.1. The van der Waals surface area contributed by atoms with Crippen molar-refractivity contribution in [2.24, 2.45) is 0 Å². The van der Waals surface area contributed by atoms with Crippen molar-refractivity contribution in [3.05, 3.63) is 60.0 Å². The maximum absolute atomic E-state index is 12.8. The zero-order valence-electron chi connectivity index (χ0n) is 11.8. The summed E-state index contributed by atoms with van der Waals surface area (Å²) in [6, 6.07) is 11.5. The molecule has 0 radical (unpaired) electrons. The third-order valence-corrected chi connectivity index (χ3v) is 3.31. The maximum atomic E-state index is 12.8. The van der Waals surface area contributed by atoms with E-state index in [2.05, 4.69) is 20.8 Å². The molecular formula is C16H15FN4O. The Morgan fingerprint density at radius 1 is 1.18 bits per heavy atom. The molecule has 3 aromatic rings. The molecule has 1 aromatic heterocycles. The number of carbonyl (C=O) groups excluding carboxylic acids is 1. The summed E-state index contributed by atoms with van der Waals surface area (Å²) in [5.74, 6) is -0.261. The Morgan fingerprint density at radius 3 is 2.82 bits per heavy atom. The third kappa shape index (κ3) is 3.41. The van der Waals surface area contributed by atoms with Crippen LogP contribution in [0.3, 0.4) is 0 Å². The number of fused-ring (bicyclic) bond motifs is 1. The first-order valence-electron chi connectivity index (χ1n) is 6.93. The molecule has 0 aliphatic heterocycles. The number of hydrogen-bond acceptors (Lipinski definition) is 2. The van der Waals surface area contributed by atoms with Crippen LogP contribution in [-0.4, -0.2) is 22.8 Å². The van der Waals surface area contributed by atoms with Gasteiger partial charge in [0.05, 0.1) is 11.7 Å². The second-order valence-electron chi connectivity index (χ2n) is 4.93. The first-order chi connectivity index (χ1) is 10.7. The van der Waals surface area contributed by atoms with Gasteiger partial charge in [0.1, 0.15) is 5.82 Å². The molecule has 0 atom stereocenters. The number of urea groups is 1. The van der Waals surface area contributed by atoms with Crippen molar-refractivity contribution in [2.75, 3.05) is 11.9 Å². The molecular weight excluding hydrogens is 283 g/mol. The topological polar surface area (TPSA) is 69.8 Å². The molecule has 6 heteroatoms. The van der Waals surface area contributed by atoms with Crippen LogP contribution in [0.4, 0.5) is 14.9 Å². The van der Waals surface area contributed by atoms with E-state index in [0.29, 0.717) is 18.7 Å². The molecule has 0 aliphatic rings. The van der Waals surface area contributed by atoms with Crippen LogP contribution in [-0.2, 0) is 6.42 Å². The molecule has 2 amide bonds. The van der Waals surface area contributed by atoms with E-state index in [0.717, 1.165) is 16.5 Å². The average Bonchev–Trinajstić information content (AvgIpc) is 2.97. The highest BCUT2D eigenvalue weighted by molar-refractivity contribution is 5.92. The van der Waals surface area contributed by atoms with E-state index in [9.17, 15) is 9.18 Å². The summed E-state index contributed by atoms with van der Waals surface area (Å²) in [6.45, 7) is 0.476. The van der Waals surface area contributed by atoms with Crippen LogP contribution >= 0.6 is 0 Å². The Kier molecular flexibility index (Phi) is 4.00. The van der Waals surface area contributed by atoms with Crippen molar-refractivity contribution >= 4 is 22.6 Å². The predicted molar refractivity (Wildman–Crippen MR) is 83.2 cm³/mol. The lowest BCUT2D eigenvalue weighted by Crippen LogP contribution is -2.30. The number of nitrogens with zero attached hydrogens (tertiary/aromatic N) is 1. The van der Waals surface area contributed by atoms with Gasteiger partial charge in [-0.05, 0) is 42.3 Å². The van der Waals surface area contributed by atoms with Crippen LogP contribution in [0.5, 0.6) is 0 Å². The van der Waals surface area contributed by atoms with Gasteiger partial charge in [-0.25, -0.2) is 9.18 Å². The largest absolute Gasteiger partial charge is 0.338 e. The number of carbonyl (C=O) groups is 1. The summed E-state index contributed by atoms with van der Waals surface area (Å²) >= 11 is 0. The van der Waals surface area contributed by atoms with Crippen molar-refractivity contribution in [1.82, 2.24) is 15.5 Å². The van der Waals surface area contributed by atoms with Gasteiger partial charge in [-0.3, -0.25) is 5.10 Å². The highest BCUT2D eigenvalue weighted by atomic mass is 19.1. The molecule has 0 saturated heterocycles. The highest BCUT2D eigenvalue weighted by Gasteiger charge is 2.03. The zero-order chi connectivity index (χ0) is 15.4. The number of nitrogens with one attached hydrogen (secondary N) is 3. The fourth-order valence-corrected chi connectivity index (χ4v) is 2.16. The number of aromatic amines is 1. The second kappa shape index (κ2) is 6.26. The quantitative estimate of drug-likeness (QED) is 0.693. The molecule has 112 valence electrons. The molecule has 22 heavy (non-hydrogen) atoms. The van der Waals surface area contributed by atoms with Gasteiger partial charge < -0.3 is 10.6 Å². The van der Waals surface area contributed by atoms with Crippen molar-refractivity contribution in [1.29, 1.82) is 0 Å². The molecule has 0 fully saturated rings. The van der Waals surface area contributed by atoms with Gasteiger partial charge in [0, 0.05) is 17.6 Å². The predicted octanol–water partition coefficient (Wildman–Crippen LogP) is 3.07. The van der Waals surface area contributed by atoms with Gasteiger partial charge in [-0.1, -0.05) is 12.1 Å². The minimum atomic E-state index is -0.277. The average molecular weight is 298 g/mol. The number of amides is 2. The van der Waals surface area contributed by atoms with Crippen molar-refractivity contribution in [3.8, 4) is 0 Å². The summed E-state index contributed by atoms with van der Waals surface area (Å²) in [6.07, 6.45) is 2.37. The molecule has 0 unspecified atom stereocenters. The van der Waals surface area contributed by atoms with E-state index in [-0.39, 0.29) is 11.8 Å². The van der Waals surface area contributed by atoms with E-state index < -0.39 is 0 Å². The molecule has 5 nitrogen and oxygen atoms in total. The summed E-state index contributed by atoms with van der Waals surface area (Å²) in [4.78, 5) is 11.8. The monoisotopic (exact) mass is 298 g/mol. The summed E-state index contributed by atoms with van der Waals surface area (Å²) in [7, 11) is 0. The Morgan fingerprint density at radius 2 is 2.00 bits per heavy atom. The van der Waals surface area contributed by atoms with Gasteiger partial charge in [-0.15, -0.1) is 0 Å². The van der Waals surface area contributed by atoms with Crippen molar-refractivity contribution < 1.29 is 9.18 Å². The van der Waals surface area contributed by atoms with E-state index in [1.165, 1.54) is 12.1 Å². The first kappa shape index (κ1) is 14.1. The SMILES string of the molecule is O=C(NCCc1ccc(F)cc1)Nc1ccc2cn[nH]c2c1. The Balaban J connectivity index is 1.50. The smallest absolute Gasteiger partial charge is 0.319 e. The zero-order valence-corrected chi connectivity index (χ0v) is 11.8. The van der Waals surface area contributed by atoms with E-state index in [1.807, 2.05) is 18.2 Å². The summed E-state index contributed by atoms with van der Waals surface area (Å²) in [5.41, 5.74) is 2.53. The number of halogens is 1. The number of anilines is 1. The fourth-order valence-electron chi connectivity index (χ4n) is 2.16. The number of rotatable bonds is 4. The molecule has 0 spiro atoms. The summed E-state index contributed by atoms with van der Waals surface area (Å²) < 4.78 is 12.8. The maximum Gasteiger partial charge on any atom is 0.319 e. The van der Waals surface area contributed by atoms with Crippen LogP contribution in [0.25, 0.3) is 10.9 Å². The van der Waals surface area contributed by atoms with Crippen LogP contribution in [0, 0.1) is 5.82 Å². The Bertz CT molecular complexity index is 782. The van der Waals surface area contributed by atoms with Crippen LogP contribution in [0.2, 0.25) is 0 Å². The van der Waals surface area contributed by atoms with Gasteiger partial charge in [0.15, 0.2) is 0 Å². The number of H-pyrrole nitrogens is 1. The highest BCUT2D eigenvalue weighted by Crippen LogP contribution is 2.16. The van der Waals surface area contributed by atoms with Gasteiger partial charge >= 0.3 is 6.03 Å². The van der Waals surface area contributed by atoms with Crippen molar-refractivity contribution in [3.63, 3.8) is 0 Å². The lowest BCUT2D eigenvalue weighted by Gasteiger charge is -2.08. The molecule has 3 N–H and O–H groups in total. The minimum absolute atomic E-state index is 0.261. The van der Waals surface area contributed by atoms with E-state index in [1.54, 1.807) is 18.3 Å². The van der Waals surface area contributed by atoms with Crippen LogP contribution in [0.15, 0.2) is 48.7 Å². The Hall–Kier alpha value is -2.89. The molecule has 3 rings (SSSR count). The second-order valence-corrected chi connectivity index (χ2v) is 4.93. The summed E-state index contributed by atoms with van der Waals surface area (Å²) in [5, 5.41) is 13.3. The minimum Gasteiger partial charge on any atom is -0.338 e. The Labute approximate surface area is 126 Å². The first-order valence-corrected chi connectivity index (χ1v) is 6.93. The van der Waals surface area contributed by atoms with Gasteiger partial charge in [0.2, 0.25) is 0 Å². The molecule has 0 saturated carbocycles. The van der Waals surface area contributed by atoms with Crippen molar-refractivity contribution in [2.45, 2.75) is 6.42 Å². The lowest BCUT2D eigenvalue weighted by molar-refractivity contribution is 0.252. The fraction of sp³-hybridized carbons (Fsp3) is 0.125. The number of hydrogen-bond donors (Lipinski definition) is 3. The normalized spacial score (nSPS) is 10.6. The molecule has 0 bridgehead atoms. The van der Waals surface area contributed by atoms with Gasteiger partial charge in [-0.2, -0.15) is 5.10 Å². The standard InChI is InChI=1S/C16H15FN4O/c17-13-4-1-11(2-5-13)7-8-18-16(22)20-14-6-3-12-10-19-21-15(12)9-14/h1-6,9-10H,7-8H2,(H,19,21)(H2,18,20,22). The third-order valence-electron chi connectivity index (χ3n) is 3.31. The molecule has 0 aliphatic carbocycles. The molecule has 1 heterocycles. The van der Waals surface area contributed by atoms with Gasteiger partial charge in [0.25, 0.3) is 0 Å². The van der Waals surface area contributed by atoms with Crippen LogP contribution in [0.1, 0.15) is 5.56 Å². The van der Waals surface area contributed by atoms with E-state index in [4.69, 9.17) is 0 Å².